The lowest BCUT2D eigenvalue weighted by atomic mass is 10.0. The van der Waals surface area contributed by atoms with Crippen LogP contribution in [-0.4, -0.2) is 31.3 Å². The minimum absolute atomic E-state index is 0.0148. The minimum atomic E-state index is -0.0148. The topological polar surface area (TPSA) is 20.3 Å². The number of halogens is 2. The number of hydrogen-bond acceptors (Lipinski definition) is 2. The zero-order valence-corrected chi connectivity index (χ0v) is 12.3. The third-order valence-corrected chi connectivity index (χ3v) is 3.25. The summed E-state index contributed by atoms with van der Waals surface area (Å²) >= 11 is 11.7. The van der Waals surface area contributed by atoms with Crippen LogP contribution < -0.4 is 0 Å². The number of benzene rings is 1. The molecule has 1 aromatic rings. The van der Waals surface area contributed by atoms with Gasteiger partial charge in [-0.25, -0.2) is 0 Å². The fourth-order valence-electron chi connectivity index (χ4n) is 1.60. The maximum atomic E-state index is 11.8. The molecule has 0 amide bonds. The molecule has 1 unspecified atom stereocenters. The number of ketones is 1. The largest absolute Gasteiger partial charge is 0.309 e. The Bertz CT molecular complexity index is 455. The van der Waals surface area contributed by atoms with Gasteiger partial charge in [0.25, 0.3) is 0 Å². The summed E-state index contributed by atoms with van der Waals surface area (Å²) in [5.41, 5.74) is 0.870. The molecule has 1 rings (SSSR count). The van der Waals surface area contributed by atoms with Crippen molar-refractivity contribution in [3.8, 4) is 0 Å². The summed E-state index contributed by atoms with van der Waals surface area (Å²) in [4.78, 5) is 13.8. The van der Waals surface area contributed by atoms with Crippen molar-refractivity contribution in [2.45, 2.75) is 6.92 Å². The Balaban J connectivity index is 2.68. The summed E-state index contributed by atoms with van der Waals surface area (Å²) in [6, 6.07) is 5.29. The van der Waals surface area contributed by atoms with Crippen molar-refractivity contribution in [1.82, 2.24) is 4.90 Å². The Morgan fingerprint density at radius 1 is 1.33 bits per heavy atom. The van der Waals surface area contributed by atoms with Gasteiger partial charge in [-0.3, -0.25) is 4.79 Å². The van der Waals surface area contributed by atoms with E-state index in [1.165, 1.54) is 0 Å². The Labute approximate surface area is 118 Å². The first-order chi connectivity index (χ1) is 8.40. The molecule has 0 radical (unpaired) electrons. The molecule has 1 atom stereocenters. The fraction of sp³-hybridized carbons (Fsp3) is 0.357. The molecule has 0 bridgehead atoms. The van der Waals surface area contributed by atoms with Gasteiger partial charge in [0.15, 0.2) is 5.78 Å². The van der Waals surface area contributed by atoms with Crippen molar-refractivity contribution >= 4 is 35.1 Å². The van der Waals surface area contributed by atoms with Gasteiger partial charge in [-0.2, -0.15) is 0 Å². The third kappa shape index (κ3) is 4.81. The lowest BCUT2D eigenvalue weighted by Crippen LogP contribution is -2.24. The Hall–Kier alpha value is -0.830. The summed E-state index contributed by atoms with van der Waals surface area (Å²) in [6.45, 7) is 2.66. The summed E-state index contributed by atoms with van der Waals surface area (Å²) < 4.78 is 0. The molecule has 0 saturated carbocycles. The smallest absolute Gasteiger partial charge is 0.159 e. The van der Waals surface area contributed by atoms with Crippen LogP contribution in [0.4, 0.5) is 0 Å². The van der Waals surface area contributed by atoms with E-state index < -0.39 is 0 Å². The zero-order valence-electron chi connectivity index (χ0n) is 10.8. The molecule has 2 nitrogen and oxygen atoms in total. The molecule has 0 aromatic heterocycles. The molecular formula is C14H17Cl2NO. The number of carbonyl (C=O) groups excluding carboxylic acids is 1. The molecule has 0 heterocycles. The molecule has 0 saturated heterocycles. The quantitative estimate of drug-likeness (QED) is 0.768. The summed E-state index contributed by atoms with van der Waals surface area (Å²) in [6.07, 6.45) is 3.35. The first kappa shape index (κ1) is 15.2. The predicted octanol–water partition coefficient (Wildman–Crippen LogP) is 3.77. The van der Waals surface area contributed by atoms with E-state index in [2.05, 4.69) is 0 Å². The van der Waals surface area contributed by atoms with E-state index in [-0.39, 0.29) is 11.7 Å². The molecular weight excluding hydrogens is 269 g/mol. The first-order valence-electron chi connectivity index (χ1n) is 5.72. The number of rotatable bonds is 5. The minimum Gasteiger partial charge on any atom is -0.309 e. The van der Waals surface area contributed by atoms with E-state index in [4.69, 9.17) is 23.2 Å². The van der Waals surface area contributed by atoms with Gasteiger partial charge in [-0.15, -0.1) is 0 Å². The average molecular weight is 286 g/mol. The predicted molar refractivity (Wildman–Crippen MR) is 78.2 cm³/mol. The first-order valence-corrected chi connectivity index (χ1v) is 6.47. The average Bonchev–Trinajstić information content (AvgIpc) is 2.29. The van der Waals surface area contributed by atoms with Gasteiger partial charge >= 0.3 is 0 Å². The van der Waals surface area contributed by atoms with Crippen LogP contribution in [0.2, 0.25) is 10.0 Å². The molecule has 1 aromatic carbocycles. The van der Waals surface area contributed by atoms with Crippen LogP contribution in [-0.2, 0) is 4.79 Å². The van der Waals surface area contributed by atoms with Gasteiger partial charge in [-0.1, -0.05) is 42.3 Å². The van der Waals surface area contributed by atoms with Gasteiger partial charge in [0, 0.05) is 12.5 Å². The van der Waals surface area contributed by atoms with E-state index in [0.717, 1.165) is 12.1 Å². The molecule has 0 fully saturated rings. The number of nitrogens with zero attached hydrogens (tertiary/aromatic N) is 1. The molecule has 18 heavy (non-hydrogen) atoms. The summed E-state index contributed by atoms with van der Waals surface area (Å²) in [5, 5.41) is 1.01. The normalized spacial score (nSPS) is 13.2. The number of hydrogen-bond donors (Lipinski definition) is 0. The van der Waals surface area contributed by atoms with E-state index in [9.17, 15) is 4.79 Å². The van der Waals surface area contributed by atoms with Crippen LogP contribution in [0, 0.1) is 5.92 Å². The second-order valence-corrected chi connectivity index (χ2v) is 5.39. The fourth-order valence-corrected chi connectivity index (χ4v) is 1.90. The standard InChI is InChI=1S/C14H17Cl2NO/c1-10(9-17(2)3)14(18)7-5-11-4-6-12(15)13(16)8-11/h4-8,10H,9H2,1-3H3/b7-5+. The lowest BCUT2D eigenvalue weighted by molar-refractivity contribution is -0.118. The highest BCUT2D eigenvalue weighted by Crippen LogP contribution is 2.23. The van der Waals surface area contributed by atoms with Gasteiger partial charge in [0.05, 0.1) is 10.0 Å². The molecule has 98 valence electrons. The lowest BCUT2D eigenvalue weighted by Gasteiger charge is -2.13. The summed E-state index contributed by atoms with van der Waals surface area (Å²) in [7, 11) is 3.90. The SMILES string of the molecule is CC(CN(C)C)C(=O)/C=C/c1ccc(Cl)c(Cl)c1. The molecule has 0 aliphatic rings. The van der Waals surface area contributed by atoms with Gasteiger partial charge in [0.1, 0.15) is 0 Å². The Morgan fingerprint density at radius 2 is 2.00 bits per heavy atom. The van der Waals surface area contributed by atoms with E-state index in [1.54, 1.807) is 24.3 Å². The van der Waals surface area contributed by atoms with Crippen LogP contribution in [0.1, 0.15) is 12.5 Å². The van der Waals surface area contributed by atoms with Gasteiger partial charge < -0.3 is 4.90 Å². The van der Waals surface area contributed by atoms with E-state index in [1.807, 2.05) is 32.0 Å². The highest BCUT2D eigenvalue weighted by molar-refractivity contribution is 6.42. The van der Waals surface area contributed by atoms with Crippen molar-refractivity contribution in [2.24, 2.45) is 5.92 Å². The zero-order chi connectivity index (χ0) is 13.7. The van der Waals surface area contributed by atoms with Gasteiger partial charge in [-0.05, 0) is 37.9 Å². The molecule has 0 aliphatic heterocycles. The molecule has 0 aliphatic carbocycles. The second-order valence-electron chi connectivity index (χ2n) is 4.57. The van der Waals surface area contributed by atoms with Crippen LogP contribution >= 0.6 is 23.2 Å². The molecule has 4 heteroatoms. The van der Waals surface area contributed by atoms with Crippen LogP contribution in [0.25, 0.3) is 6.08 Å². The maximum absolute atomic E-state index is 11.8. The van der Waals surface area contributed by atoms with E-state index in [0.29, 0.717) is 10.0 Å². The van der Waals surface area contributed by atoms with E-state index >= 15 is 0 Å². The second kappa shape index (κ2) is 6.93. The Morgan fingerprint density at radius 3 is 2.56 bits per heavy atom. The van der Waals surface area contributed by atoms with Crippen molar-refractivity contribution in [3.63, 3.8) is 0 Å². The molecule has 0 N–H and O–H groups in total. The highest BCUT2D eigenvalue weighted by atomic mass is 35.5. The highest BCUT2D eigenvalue weighted by Gasteiger charge is 2.10. The van der Waals surface area contributed by atoms with Crippen LogP contribution in [0.15, 0.2) is 24.3 Å². The number of allylic oxidation sites excluding steroid dienone is 1. The monoisotopic (exact) mass is 285 g/mol. The maximum Gasteiger partial charge on any atom is 0.159 e. The van der Waals surface area contributed by atoms with Crippen molar-refractivity contribution in [1.29, 1.82) is 0 Å². The summed E-state index contributed by atoms with van der Waals surface area (Å²) in [5.74, 6) is 0.0915. The van der Waals surface area contributed by atoms with Crippen LogP contribution in [0.5, 0.6) is 0 Å². The van der Waals surface area contributed by atoms with Gasteiger partial charge in [0.2, 0.25) is 0 Å². The van der Waals surface area contributed by atoms with Crippen molar-refractivity contribution in [3.05, 3.63) is 39.9 Å². The van der Waals surface area contributed by atoms with Crippen molar-refractivity contribution < 1.29 is 4.79 Å². The Kier molecular flexibility index (Phi) is 5.86. The van der Waals surface area contributed by atoms with Crippen molar-refractivity contribution in [2.75, 3.05) is 20.6 Å². The number of carbonyl (C=O) groups is 1. The third-order valence-electron chi connectivity index (χ3n) is 2.51. The van der Waals surface area contributed by atoms with Crippen LogP contribution in [0.3, 0.4) is 0 Å². The molecule has 0 spiro atoms.